The number of nitrogens with one attached hydrogen (secondary N) is 1. The standard InChI is InChI=1S/C21H24N2O2S/c1-13-5-6-19-17(11-13)18-12-23(8-7-20(18)22-19)26(24,25)21-15(3)9-14(2)10-16(21)4/h5-6,9-11,22H,7-8,12H2,1-4H3. The molecule has 0 saturated carbocycles. The maximum absolute atomic E-state index is 13.4. The molecular weight excluding hydrogens is 344 g/mol. The van der Waals surface area contributed by atoms with E-state index in [0.717, 1.165) is 38.9 Å². The average Bonchev–Trinajstić information content (AvgIpc) is 2.90. The summed E-state index contributed by atoms with van der Waals surface area (Å²) in [5.74, 6) is 0. The van der Waals surface area contributed by atoms with Crippen LogP contribution in [-0.2, 0) is 23.0 Å². The van der Waals surface area contributed by atoms with Gasteiger partial charge in [0.05, 0.1) is 4.90 Å². The first kappa shape index (κ1) is 17.3. The van der Waals surface area contributed by atoms with Crippen LogP contribution in [-0.4, -0.2) is 24.3 Å². The largest absolute Gasteiger partial charge is 0.358 e. The van der Waals surface area contributed by atoms with Crippen molar-refractivity contribution in [1.82, 2.24) is 9.29 Å². The van der Waals surface area contributed by atoms with Crippen molar-refractivity contribution in [2.75, 3.05) is 6.54 Å². The summed E-state index contributed by atoms with van der Waals surface area (Å²) in [5.41, 5.74) is 7.28. The molecule has 2 heterocycles. The van der Waals surface area contributed by atoms with Gasteiger partial charge < -0.3 is 4.98 Å². The van der Waals surface area contributed by atoms with Gasteiger partial charge >= 0.3 is 0 Å². The normalized spacial score (nSPS) is 15.4. The van der Waals surface area contributed by atoms with Crippen LogP contribution in [0.2, 0.25) is 0 Å². The number of hydrogen-bond acceptors (Lipinski definition) is 2. The quantitative estimate of drug-likeness (QED) is 0.739. The fraction of sp³-hybridized carbons (Fsp3) is 0.333. The molecule has 1 aliphatic heterocycles. The molecule has 4 nitrogen and oxygen atoms in total. The van der Waals surface area contributed by atoms with Crippen LogP contribution in [0.3, 0.4) is 0 Å². The van der Waals surface area contributed by atoms with E-state index in [9.17, 15) is 8.42 Å². The Bertz CT molecular complexity index is 1100. The molecule has 0 saturated heterocycles. The number of aromatic amines is 1. The molecule has 0 unspecified atom stereocenters. The fourth-order valence-electron chi connectivity index (χ4n) is 4.21. The van der Waals surface area contributed by atoms with Crippen LogP contribution >= 0.6 is 0 Å². The average molecular weight is 369 g/mol. The minimum Gasteiger partial charge on any atom is -0.358 e. The smallest absolute Gasteiger partial charge is 0.243 e. The number of benzene rings is 2. The van der Waals surface area contributed by atoms with Crippen molar-refractivity contribution >= 4 is 20.9 Å². The van der Waals surface area contributed by atoms with E-state index in [1.165, 1.54) is 5.56 Å². The van der Waals surface area contributed by atoms with Gasteiger partial charge in [0.25, 0.3) is 0 Å². The molecule has 0 radical (unpaired) electrons. The van der Waals surface area contributed by atoms with Crippen LogP contribution in [0, 0.1) is 27.7 Å². The third kappa shape index (κ3) is 2.66. The van der Waals surface area contributed by atoms with Crippen molar-refractivity contribution in [3.05, 3.63) is 63.8 Å². The van der Waals surface area contributed by atoms with Crippen molar-refractivity contribution < 1.29 is 8.42 Å². The molecule has 1 aromatic heterocycles. The number of nitrogens with zero attached hydrogens (tertiary/aromatic N) is 1. The van der Waals surface area contributed by atoms with E-state index in [0.29, 0.717) is 24.4 Å². The lowest BCUT2D eigenvalue weighted by Crippen LogP contribution is -2.36. The molecule has 0 bridgehead atoms. The molecule has 1 N–H and O–H groups in total. The van der Waals surface area contributed by atoms with E-state index in [1.54, 1.807) is 4.31 Å². The van der Waals surface area contributed by atoms with Crippen molar-refractivity contribution in [2.24, 2.45) is 0 Å². The zero-order valence-corrected chi connectivity index (χ0v) is 16.5. The van der Waals surface area contributed by atoms with Crippen LogP contribution < -0.4 is 0 Å². The van der Waals surface area contributed by atoms with Gasteiger partial charge in [0, 0.05) is 36.1 Å². The van der Waals surface area contributed by atoms with Gasteiger partial charge in [-0.1, -0.05) is 29.3 Å². The first-order chi connectivity index (χ1) is 12.3. The van der Waals surface area contributed by atoms with Gasteiger partial charge in [-0.3, -0.25) is 0 Å². The van der Waals surface area contributed by atoms with E-state index in [2.05, 4.69) is 30.1 Å². The van der Waals surface area contributed by atoms with Crippen LogP contribution in [0.15, 0.2) is 35.2 Å². The van der Waals surface area contributed by atoms with Gasteiger partial charge in [-0.15, -0.1) is 0 Å². The second kappa shape index (κ2) is 5.96. The van der Waals surface area contributed by atoms with E-state index in [4.69, 9.17) is 0 Å². The molecule has 0 aliphatic carbocycles. The van der Waals surface area contributed by atoms with Crippen molar-refractivity contribution in [1.29, 1.82) is 0 Å². The number of aryl methyl sites for hydroxylation is 4. The third-order valence-electron chi connectivity index (χ3n) is 5.30. The number of hydrogen-bond donors (Lipinski definition) is 1. The van der Waals surface area contributed by atoms with Gasteiger partial charge in [0.15, 0.2) is 0 Å². The molecule has 136 valence electrons. The van der Waals surface area contributed by atoms with Crippen LogP contribution in [0.5, 0.6) is 0 Å². The zero-order chi connectivity index (χ0) is 18.6. The molecule has 2 aromatic carbocycles. The lowest BCUT2D eigenvalue weighted by atomic mass is 10.0. The number of sulfonamides is 1. The van der Waals surface area contributed by atoms with E-state index in [-0.39, 0.29) is 0 Å². The lowest BCUT2D eigenvalue weighted by Gasteiger charge is -2.28. The molecule has 0 amide bonds. The summed E-state index contributed by atoms with van der Waals surface area (Å²) in [6, 6.07) is 10.2. The Kier molecular flexibility index (Phi) is 3.97. The zero-order valence-electron chi connectivity index (χ0n) is 15.7. The van der Waals surface area contributed by atoms with Crippen LogP contribution in [0.1, 0.15) is 33.5 Å². The molecule has 26 heavy (non-hydrogen) atoms. The first-order valence-electron chi connectivity index (χ1n) is 8.95. The minimum absolute atomic E-state index is 0.424. The van der Waals surface area contributed by atoms with Crippen molar-refractivity contribution in [3.8, 4) is 0 Å². The Hall–Kier alpha value is -2.11. The fourth-order valence-corrected chi connectivity index (χ4v) is 6.03. The molecule has 5 heteroatoms. The summed E-state index contributed by atoms with van der Waals surface area (Å²) in [4.78, 5) is 3.92. The number of H-pyrrole nitrogens is 1. The Morgan fingerprint density at radius 3 is 2.35 bits per heavy atom. The van der Waals surface area contributed by atoms with E-state index in [1.807, 2.05) is 32.9 Å². The van der Waals surface area contributed by atoms with Gasteiger partial charge in [0.1, 0.15) is 0 Å². The Balaban J connectivity index is 1.79. The SMILES string of the molecule is Cc1cc(C)c(S(=O)(=O)N2CCc3[nH]c4ccc(C)cc4c3C2)c(C)c1. The van der Waals surface area contributed by atoms with Crippen molar-refractivity contribution in [2.45, 2.75) is 45.6 Å². The molecule has 4 rings (SSSR count). The predicted molar refractivity (Wildman–Crippen MR) is 105 cm³/mol. The van der Waals surface area contributed by atoms with Crippen LogP contribution in [0.25, 0.3) is 10.9 Å². The van der Waals surface area contributed by atoms with Gasteiger partial charge in [-0.05, 0) is 56.5 Å². The van der Waals surface area contributed by atoms with Crippen molar-refractivity contribution in [3.63, 3.8) is 0 Å². The number of aromatic nitrogens is 1. The predicted octanol–water partition coefficient (Wildman–Crippen LogP) is 4.15. The first-order valence-corrected chi connectivity index (χ1v) is 10.4. The Morgan fingerprint density at radius 2 is 1.65 bits per heavy atom. The highest BCUT2D eigenvalue weighted by molar-refractivity contribution is 7.89. The summed E-state index contributed by atoms with van der Waals surface area (Å²) in [6.45, 7) is 8.77. The molecular formula is C21H24N2O2S. The molecule has 0 fully saturated rings. The Labute approximate surface area is 154 Å². The highest BCUT2D eigenvalue weighted by Gasteiger charge is 2.32. The monoisotopic (exact) mass is 368 g/mol. The summed E-state index contributed by atoms with van der Waals surface area (Å²) >= 11 is 0. The minimum atomic E-state index is -3.52. The second-order valence-electron chi connectivity index (χ2n) is 7.45. The van der Waals surface area contributed by atoms with Crippen LogP contribution in [0.4, 0.5) is 0 Å². The topological polar surface area (TPSA) is 53.2 Å². The lowest BCUT2D eigenvalue weighted by molar-refractivity contribution is 0.390. The molecule has 0 atom stereocenters. The van der Waals surface area contributed by atoms with Gasteiger partial charge in [-0.2, -0.15) is 4.31 Å². The molecule has 1 aliphatic rings. The highest BCUT2D eigenvalue weighted by atomic mass is 32.2. The van der Waals surface area contributed by atoms with E-state index < -0.39 is 10.0 Å². The molecule has 3 aromatic rings. The summed E-state index contributed by atoms with van der Waals surface area (Å²) < 4.78 is 28.4. The highest BCUT2D eigenvalue weighted by Crippen LogP contribution is 2.33. The van der Waals surface area contributed by atoms with Gasteiger partial charge in [0.2, 0.25) is 10.0 Å². The summed E-state index contributed by atoms with van der Waals surface area (Å²) in [7, 11) is -3.52. The Morgan fingerprint density at radius 1 is 0.962 bits per heavy atom. The second-order valence-corrected chi connectivity index (χ2v) is 9.32. The summed E-state index contributed by atoms with van der Waals surface area (Å²) in [5, 5.41) is 1.14. The summed E-state index contributed by atoms with van der Waals surface area (Å²) in [6.07, 6.45) is 0.715. The van der Waals surface area contributed by atoms with E-state index >= 15 is 0 Å². The van der Waals surface area contributed by atoms with Gasteiger partial charge in [-0.25, -0.2) is 8.42 Å². The maximum Gasteiger partial charge on any atom is 0.243 e. The third-order valence-corrected chi connectivity index (χ3v) is 7.45. The number of fused-ring (bicyclic) bond motifs is 3. The number of rotatable bonds is 2. The maximum atomic E-state index is 13.4. The molecule has 0 spiro atoms.